The van der Waals surface area contributed by atoms with Gasteiger partial charge in [0.15, 0.2) is 0 Å². The van der Waals surface area contributed by atoms with Gasteiger partial charge in [0.2, 0.25) is 0 Å². The normalized spacial score (nSPS) is 15.6. The number of aromatic nitrogens is 3. The SMILES string of the molecule is CCn1c([S+](C)[O-])nc(-c2ccc(F)cc2)c1-c1ccnc(NC2CCCC2)c1. The Morgan fingerprint density at radius 3 is 2.55 bits per heavy atom. The number of anilines is 1. The van der Waals surface area contributed by atoms with E-state index in [1.54, 1.807) is 24.6 Å². The summed E-state index contributed by atoms with van der Waals surface area (Å²) in [6.45, 7) is 2.64. The molecule has 3 aromatic rings. The van der Waals surface area contributed by atoms with E-state index < -0.39 is 11.2 Å². The molecule has 2 heterocycles. The molecule has 0 aliphatic heterocycles. The summed E-state index contributed by atoms with van der Waals surface area (Å²) < 4.78 is 27.8. The molecule has 1 aliphatic rings. The van der Waals surface area contributed by atoms with Crippen molar-refractivity contribution in [1.82, 2.24) is 14.5 Å². The fourth-order valence-corrected chi connectivity index (χ4v) is 4.73. The molecule has 1 aliphatic carbocycles. The highest BCUT2D eigenvalue weighted by atomic mass is 32.2. The summed E-state index contributed by atoms with van der Waals surface area (Å²) in [5, 5.41) is 4.05. The fraction of sp³-hybridized carbons (Fsp3) is 0.364. The molecule has 0 radical (unpaired) electrons. The van der Waals surface area contributed by atoms with Crippen molar-refractivity contribution in [2.45, 2.75) is 50.4 Å². The van der Waals surface area contributed by atoms with Crippen molar-refractivity contribution in [3.63, 3.8) is 0 Å². The van der Waals surface area contributed by atoms with Crippen molar-refractivity contribution in [3.05, 3.63) is 48.4 Å². The maximum Gasteiger partial charge on any atom is 0.323 e. The average molecular weight is 413 g/mol. The molecule has 0 bridgehead atoms. The zero-order chi connectivity index (χ0) is 20.4. The van der Waals surface area contributed by atoms with E-state index in [0.29, 0.717) is 23.4 Å². The van der Waals surface area contributed by atoms with E-state index in [4.69, 9.17) is 0 Å². The second kappa shape index (κ2) is 8.55. The van der Waals surface area contributed by atoms with Crippen molar-refractivity contribution < 1.29 is 8.94 Å². The minimum absolute atomic E-state index is 0.295. The van der Waals surface area contributed by atoms with Crippen molar-refractivity contribution in [3.8, 4) is 22.5 Å². The first-order chi connectivity index (χ1) is 14.1. The van der Waals surface area contributed by atoms with E-state index in [1.807, 2.05) is 23.6 Å². The van der Waals surface area contributed by atoms with Crippen LogP contribution in [0.5, 0.6) is 0 Å². The molecule has 0 saturated heterocycles. The summed E-state index contributed by atoms with van der Waals surface area (Å²) >= 11 is -1.24. The highest BCUT2D eigenvalue weighted by molar-refractivity contribution is 7.90. The summed E-state index contributed by atoms with van der Waals surface area (Å²) in [6.07, 6.45) is 8.25. The van der Waals surface area contributed by atoms with Crippen LogP contribution in [0.25, 0.3) is 22.5 Å². The van der Waals surface area contributed by atoms with E-state index in [0.717, 1.165) is 22.6 Å². The van der Waals surface area contributed by atoms with Gasteiger partial charge in [-0.3, -0.25) is 4.57 Å². The van der Waals surface area contributed by atoms with Gasteiger partial charge < -0.3 is 9.87 Å². The van der Waals surface area contributed by atoms with E-state index in [1.165, 1.54) is 37.8 Å². The van der Waals surface area contributed by atoms with Gasteiger partial charge in [-0.15, -0.1) is 0 Å². The van der Waals surface area contributed by atoms with Gasteiger partial charge in [0.05, 0.1) is 5.69 Å². The van der Waals surface area contributed by atoms with Crippen molar-refractivity contribution in [2.24, 2.45) is 0 Å². The summed E-state index contributed by atoms with van der Waals surface area (Å²) in [5.41, 5.74) is 3.32. The molecule has 2 aromatic heterocycles. The van der Waals surface area contributed by atoms with Crippen LogP contribution in [0.3, 0.4) is 0 Å². The summed E-state index contributed by atoms with van der Waals surface area (Å²) in [5.74, 6) is 0.541. The molecule has 5 nitrogen and oxygen atoms in total. The van der Waals surface area contributed by atoms with E-state index in [9.17, 15) is 8.94 Å². The molecular weight excluding hydrogens is 387 g/mol. The Morgan fingerprint density at radius 2 is 1.90 bits per heavy atom. The number of pyridine rings is 1. The van der Waals surface area contributed by atoms with Gasteiger partial charge in [0.1, 0.15) is 23.6 Å². The first kappa shape index (κ1) is 19.9. The largest absolute Gasteiger partial charge is 0.609 e. The van der Waals surface area contributed by atoms with Crippen molar-refractivity contribution >= 4 is 17.0 Å². The first-order valence-corrected chi connectivity index (χ1v) is 11.6. The molecule has 1 atom stereocenters. The molecule has 4 rings (SSSR count). The Hall–Kier alpha value is -2.38. The van der Waals surface area contributed by atoms with Crippen LogP contribution in [-0.4, -0.2) is 31.4 Å². The van der Waals surface area contributed by atoms with Crippen LogP contribution in [0, 0.1) is 5.82 Å². The zero-order valence-corrected chi connectivity index (χ0v) is 17.5. The Balaban J connectivity index is 1.82. The van der Waals surface area contributed by atoms with Crippen LogP contribution in [0.4, 0.5) is 10.2 Å². The van der Waals surface area contributed by atoms with Crippen LogP contribution >= 0.6 is 0 Å². The maximum atomic E-state index is 13.5. The lowest BCUT2D eigenvalue weighted by Crippen LogP contribution is -2.15. The van der Waals surface area contributed by atoms with Crippen LogP contribution in [0.2, 0.25) is 0 Å². The van der Waals surface area contributed by atoms with E-state index in [-0.39, 0.29) is 5.82 Å². The maximum absolute atomic E-state index is 13.5. The Morgan fingerprint density at radius 1 is 1.17 bits per heavy atom. The minimum Gasteiger partial charge on any atom is -0.609 e. The first-order valence-electron chi connectivity index (χ1n) is 9.99. The van der Waals surface area contributed by atoms with Crippen LogP contribution in [0.1, 0.15) is 32.6 Å². The predicted molar refractivity (Wildman–Crippen MR) is 115 cm³/mol. The second-order valence-electron chi connectivity index (χ2n) is 7.35. The third kappa shape index (κ3) is 4.16. The molecule has 7 heteroatoms. The fourth-order valence-electron chi connectivity index (χ4n) is 3.98. The highest BCUT2D eigenvalue weighted by Crippen LogP contribution is 2.35. The standard InChI is InChI=1S/C22H25FN4OS/c1-3-27-21(16-12-13-24-19(14-16)25-18-6-4-5-7-18)20(26-22(27)29(2)28)15-8-10-17(23)11-9-15/h8-14,18H,3-7H2,1-2H3,(H,24,25). The molecule has 0 spiro atoms. The third-order valence-electron chi connectivity index (χ3n) is 5.36. The number of nitrogens with zero attached hydrogens (tertiary/aromatic N) is 3. The number of hydrogen-bond donors (Lipinski definition) is 1. The molecule has 1 unspecified atom stereocenters. The van der Waals surface area contributed by atoms with Crippen molar-refractivity contribution in [2.75, 3.05) is 11.6 Å². The second-order valence-corrected chi connectivity index (χ2v) is 8.63. The van der Waals surface area contributed by atoms with E-state index >= 15 is 0 Å². The molecule has 29 heavy (non-hydrogen) atoms. The number of benzene rings is 1. The van der Waals surface area contributed by atoms with Crippen LogP contribution < -0.4 is 5.32 Å². The number of rotatable bonds is 6. The van der Waals surface area contributed by atoms with Gasteiger partial charge in [-0.05, 0) is 56.2 Å². The average Bonchev–Trinajstić information content (AvgIpc) is 3.36. The van der Waals surface area contributed by atoms with Gasteiger partial charge in [-0.2, -0.15) is 4.98 Å². The summed E-state index contributed by atoms with van der Waals surface area (Å²) in [7, 11) is 0. The number of hydrogen-bond acceptors (Lipinski definition) is 4. The number of halogens is 1. The minimum atomic E-state index is -1.24. The van der Waals surface area contributed by atoms with Crippen molar-refractivity contribution in [1.29, 1.82) is 0 Å². The molecule has 152 valence electrons. The molecule has 1 N–H and O–H groups in total. The van der Waals surface area contributed by atoms with Gasteiger partial charge in [0, 0.05) is 41.1 Å². The topological polar surface area (TPSA) is 65.8 Å². The number of nitrogens with one attached hydrogen (secondary N) is 1. The lowest BCUT2D eigenvalue weighted by Gasteiger charge is -2.15. The quantitative estimate of drug-likeness (QED) is 0.587. The zero-order valence-electron chi connectivity index (χ0n) is 16.7. The summed E-state index contributed by atoms with van der Waals surface area (Å²) in [4.78, 5) is 9.18. The van der Waals surface area contributed by atoms with Gasteiger partial charge in [-0.1, -0.05) is 12.8 Å². The highest BCUT2D eigenvalue weighted by Gasteiger charge is 2.25. The smallest absolute Gasteiger partial charge is 0.323 e. The van der Waals surface area contributed by atoms with E-state index in [2.05, 4.69) is 15.3 Å². The molecule has 0 amide bonds. The van der Waals surface area contributed by atoms with Crippen LogP contribution in [0.15, 0.2) is 47.8 Å². The van der Waals surface area contributed by atoms with Gasteiger partial charge in [0.25, 0.3) is 0 Å². The number of imidazole rings is 1. The van der Waals surface area contributed by atoms with Gasteiger partial charge >= 0.3 is 5.16 Å². The Kier molecular flexibility index (Phi) is 5.87. The molecule has 1 aromatic carbocycles. The predicted octanol–water partition coefficient (Wildman–Crippen LogP) is 4.86. The summed E-state index contributed by atoms with van der Waals surface area (Å²) in [6, 6.07) is 10.7. The lowest BCUT2D eigenvalue weighted by molar-refractivity contribution is 0.575. The van der Waals surface area contributed by atoms with Gasteiger partial charge in [-0.25, -0.2) is 9.37 Å². The monoisotopic (exact) mass is 412 g/mol. The molecule has 1 fully saturated rings. The Labute approximate surface area is 173 Å². The van der Waals surface area contributed by atoms with Crippen LogP contribution in [-0.2, 0) is 17.7 Å². The third-order valence-corrected chi connectivity index (χ3v) is 6.19. The lowest BCUT2D eigenvalue weighted by atomic mass is 10.1. The Bertz CT molecular complexity index is 981. The molecular formula is C22H25FN4OS. The molecule has 1 saturated carbocycles.